The normalized spacial score (nSPS) is 11.8. The van der Waals surface area contributed by atoms with Gasteiger partial charge in [-0.15, -0.1) is 0 Å². The lowest BCUT2D eigenvalue weighted by atomic mass is 9.94. The smallest absolute Gasteiger partial charge is 0.321 e. The predicted octanol–water partition coefficient (Wildman–Crippen LogP) is 7.84. The number of nitrogens with one attached hydrogen (secondary N) is 2. The highest BCUT2D eigenvalue weighted by Gasteiger charge is 2.73. The lowest BCUT2D eigenvalue weighted by Crippen LogP contribution is -2.50. The SMILES string of the molecule is Cc1cc(C#N)ccc1C(=O)Nc1cc(C(=O)Nc2c(Cl)cc(C(F)(C(F)(F)F)C(F)(F)F)cc2Cl)ccc1C#N. The average Bonchev–Trinajstić information content (AvgIpc) is 2.88. The zero-order valence-electron chi connectivity index (χ0n) is 20.2. The van der Waals surface area contributed by atoms with Crippen LogP contribution >= 0.6 is 23.2 Å². The van der Waals surface area contributed by atoms with Crippen molar-refractivity contribution in [3.05, 3.63) is 92.0 Å². The van der Waals surface area contributed by atoms with E-state index in [1.165, 1.54) is 18.2 Å². The third kappa shape index (κ3) is 6.06. The van der Waals surface area contributed by atoms with Crippen molar-refractivity contribution in [3.8, 4) is 12.1 Å². The summed E-state index contributed by atoms with van der Waals surface area (Å²) in [7, 11) is 0. The van der Waals surface area contributed by atoms with Crippen LogP contribution < -0.4 is 10.6 Å². The molecule has 212 valence electrons. The molecule has 2 amide bonds. The van der Waals surface area contributed by atoms with E-state index in [0.29, 0.717) is 11.1 Å². The summed E-state index contributed by atoms with van der Waals surface area (Å²) in [5.74, 6) is -1.74. The Bertz CT molecular complexity index is 1600. The Kier molecular flexibility index (Phi) is 8.58. The van der Waals surface area contributed by atoms with Gasteiger partial charge in [0.05, 0.1) is 38.6 Å². The lowest BCUT2D eigenvalue weighted by Gasteiger charge is -2.30. The molecule has 3 aromatic rings. The van der Waals surface area contributed by atoms with E-state index < -0.39 is 51.1 Å². The molecule has 0 saturated carbocycles. The fraction of sp³-hybridized carbons (Fsp3) is 0.154. The first-order valence-corrected chi connectivity index (χ1v) is 11.7. The molecule has 2 N–H and O–H groups in total. The molecule has 0 spiro atoms. The van der Waals surface area contributed by atoms with Gasteiger partial charge in [-0.2, -0.15) is 36.9 Å². The third-order valence-corrected chi connectivity index (χ3v) is 6.31. The third-order valence-electron chi connectivity index (χ3n) is 5.71. The Labute approximate surface area is 236 Å². The molecule has 15 heteroatoms. The van der Waals surface area contributed by atoms with Gasteiger partial charge in [0.15, 0.2) is 0 Å². The highest BCUT2D eigenvalue weighted by molar-refractivity contribution is 6.40. The Hall–Kier alpha value is -4.33. The van der Waals surface area contributed by atoms with Gasteiger partial charge in [0.2, 0.25) is 0 Å². The first-order valence-electron chi connectivity index (χ1n) is 10.9. The van der Waals surface area contributed by atoms with E-state index in [1.54, 1.807) is 6.92 Å². The molecular formula is C26H13Cl2F7N4O2. The minimum atomic E-state index is -6.41. The van der Waals surface area contributed by atoms with E-state index >= 15 is 0 Å². The van der Waals surface area contributed by atoms with E-state index in [2.05, 4.69) is 10.6 Å². The topological polar surface area (TPSA) is 106 Å². The number of halogens is 9. The molecule has 0 aliphatic carbocycles. The van der Waals surface area contributed by atoms with Crippen LogP contribution in [0.3, 0.4) is 0 Å². The van der Waals surface area contributed by atoms with E-state index in [1.807, 2.05) is 12.1 Å². The Morgan fingerprint density at radius 1 is 0.780 bits per heavy atom. The first-order chi connectivity index (χ1) is 18.9. The number of amides is 2. The number of anilines is 2. The molecule has 0 aromatic heterocycles. The number of alkyl halides is 7. The summed E-state index contributed by atoms with van der Waals surface area (Å²) in [6.07, 6.45) is -12.8. The van der Waals surface area contributed by atoms with Crippen LogP contribution in [0.2, 0.25) is 10.0 Å². The molecule has 3 aromatic carbocycles. The fourth-order valence-corrected chi connectivity index (χ4v) is 4.21. The standard InChI is InChI=1S/C26H13Cl2F7N4O2/c1-12-6-13(10-36)2-5-17(12)23(41)38-20-7-14(3-4-15(20)11-37)22(40)39-21-18(27)8-16(9-19(21)28)24(29,25(30,31)32)26(33,34)35/h2-9H,1H3,(H,38,41)(H,39,40). The largest absolute Gasteiger partial charge is 0.435 e. The van der Waals surface area contributed by atoms with Crippen molar-refractivity contribution in [2.24, 2.45) is 0 Å². The van der Waals surface area contributed by atoms with Crippen LogP contribution in [0, 0.1) is 29.6 Å². The summed E-state index contributed by atoms with van der Waals surface area (Å²) < 4.78 is 93.1. The molecule has 0 bridgehead atoms. The molecule has 0 unspecified atom stereocenters. The number of hydrogen-bond donors (Lipinski definition) is 2. The van der Waals surface area contributed by atoms with Gasteiger partial charge in [0.25, 0.3) is 11.8 Å². The predicted molar refractivity (Wildman–Crippen MR) is 134 cm³/mol. The maximum absolute atomic E-state index is 14.4. The van der Waals surface area contributed by atoms with Crippen LogP contribution in [0.15, 0.2) is 48.5 Å². The number of nitrogens with zero attached hydrogens (tertiary/aromatic N) is 2. The Balaban J connectivity index is 1.94. The Morgan fingerprint density at radius 2 is 1.37 bits per heavy atom. The molecule has 41 heavy (non-hydrogen) atoms. The molecule has 0 radical (unpaired) electrons. The van der Waals surface area contributed by atoms with Crippen molar-refractivity contribution >= 4 is 46.4 Å². The quantitative estimate of drug-likeness (QED) is 0.285. The van der Waals surface area contributed by atoms with Gasteiger partial charge in [-0.3, -0.25) is 9.59 Å². The number of carbonyl (C=O) groups excluding carboxylic acids is 2. The summed E-state index contributed by atoms with van der Waals surface area (Å²) in [6, 6.07) is 11.4. The van der Waals surface area contributed by atoms with Crippen LogP contribution in [-0.4, -0.2) is 24.2 Å². The van der Waals surface area contributed by atoms with Gasteiger partial charge in [0.1, 0.15) is 6.07 Å². The summed E-state index contributed by atoms with van der Waals surface area (Å²) >= 11 is 11.6. The van der Waals surface area contributed by atoms with Gasteiger partial charge >= 0.3 is 18.0 Å². The second-order valence-corrected chi connectivity index (χ2v) is 9.21. The molecule has 0 atom stereocenters. The first kappa shape index (κ1) is 31.2. The van der Waals surface area contributed by atoms with E-state index in [0.717, 1.165) is 18.2 Å². The molecule has 0 aliphatic heterocycles. The van der Waals surface area contributed by atoms with Crippen LogP contribution in [0.25, 0.3) is 0 Å². The number of aryl methyl sites for hydroxylation is 1. The van der Waals surface area contributed by atoms with Crippen LogP contribution in [0.5, 0.6) is 0 Å². The summed E-state index contributed by atoms with van der Waals surface area (Å²) in [5, 5.41) is 21.1. The molecule has 0 aliphatic rings. The zero-order chi connectivity index (χ0) is 30.9. The number of hydrogen-bond acceptors (Lipinski definition) is 4. The summed E-state index contributed by atoms with van der Waals surface area (Å²) in [5.41, 5.74) is -7.92. The zero-order valence-corrected chi connectivity index (χ0v) is 21.7. The average molecular weight is 617 g/mol. The van der Waals surface area contributed by atoms with Crippen LogP contribution in [0.4, 0.5) is 42.1 Å². The van der Waals surface area contributed by atoms with Gasteiger partial charge in [-0.1, -0.05) is 23.2 Å². The number of carbonyl (C=O) groups is 2. The maximum atomic E-state index is 14.4. The minimum absolute atomic E-state index is 0.0361. The summed E-state index contributed by atoms with van der Waals surface area (Å²) in [4.78, 5) is 25.7. The molecule has 0 fully saturated rings. The number of benzene rings is 3. The molecule has 0 saturated heterocycles. The fourth-order valence-electron chi connectivity index (χ4n) is 3.63. The van der Waals surface area contributed by atoms with E-state index in [-0.39, 0.29) is 34.5 Å². The van der Waals surface area contributed by atoms with Crippen LogP contribution in [0.1, 0.15) is 43.0 Å². The van der Waals surface area contributed by atoms with Crippen LogP contribution in [-0.2, 0) is 5.67 Å². The van der Waals surface area contributed by atoms with Crippen molar-refractivity contribution in [1.82, 2.24) is 0 Å². The highest BCUT2D eigenvalue weighted by atomic mass is 35.5. The van der Waals surface area contributed by atoms with Gasteiger partial charge in [-0.05, 0) is 61.0 Å². The van der Waals surface area contributed by atoms with Crippen molar-refractivity contribution < 1.29 is 40.3 Å². The Morgan fingerprint density at radius 3 is 1.85 bits per heavy atom. The van der Waals surface area contributed by atoms with Gasteiger partial charge in [0, 0.05) is 16.7 Å². The second-order valence-electron chi connectivity index (χ2n) is 8.39. The highest BCUT2D eigenvalue weighted by Crippen LogP contribution is 2.54. The second kappa shape index (κ2) is 11.3. The van der Waals surface area contributed by atoms with Crippen molar-refractivity contribution in [2.45, 2.75) is 24.9 Å². The number of rotatable bonds is 5. The molecule has 0 heterocycles. The van der Waals surface area contributed by atoms with E-state index in [9.17, 15) is 45.6 Å². The maximum Gasteiger partial charge on any atom is 0.435 e. The van der Waals surface area contributed by atoms with E-state index in [4.69, 9.17) is 28.5 Å². The van der Waals surface area contributed by atoms with Crippen molar-refractivity contribution in [3.63, 3.8) is 0 Å². The minimum Gasteiger partial charge on any atom is -0.321 e. The van der Waals surface area contributed by atoms with Crippen molar-refractivity contribution in [2.75, 3.05) is 10.6 Å². The molecular weight excluding hydrogens is 604 g/mol. The number of nitriles is 2. The lowest BCUT2D eigenvalue weighted by molar-refractivity contribution is -0.348. The monoisotopic (exact) mass is 616 g/mol. The van der Waals surface area contributed by atoms with Gasteiger partial charge in [-0.25, -0.2) is 4.39 Å². The molecule has 6 nitrogen and oxygen atoms in total. The molecule has 3 rings (SSSR count). The van der Waals surface area contributed by atoms with Gasteiger partial charge < -0.3 is 10.6 Å². The summed E-state index contributed by atoms with van der Waals surface area (Å²) in [6.45, 7) is 1.57. The van der Waals surface area contributed by atoms with Crippen molar-refractivity contribution in [1.29, 1.82) is 10.5 Å².